The molecule has 1 N–H and O–H groups in total. The highest BCUT2D eigenvalue weighted by Gasteiger charge is 2.23. The number of nitrogens with one attached hydrogen (secondary N) is 1. The molecule has 0 radical (unpaired) electrons. The molecule has 6 nitrogen and oxygen atoms in total. The van der Waals surface area contributed by atoms with Crippen molar-refractivity contribution in [1.82, 2.24) is 15.2 Å². The zero-order valence-electron chi connectivity index (χ0n) is 13.8. The molecule has 23 heavy (non-hydrogen) atoms. The first-order chi connectivity index (χ1) is 11.1. The van der Waals surface area contributed by atoms with Crippen LogP contribution in [0.2, 0.25) is 0 Å². The third kappa shape index (κ3) is 4.89. The predicted molar refractivity (Wildman–Crippen MR) is 90.1 cm³/mol. The minimum absolute atomic E-state index is 0.0618. The molecule has 0 fully saturated rings. The lowest BCUT2D eigenvalue weighted by Gasteiger charge is -2.22. The van der Waals surface area contributed by atoms with Gasteiger partial charge in [-0.25, -0.2) is 5.01 Å². The largest absolute Gasteiger partial charge is 0.358 e. The average Bonchev–Trinajstić information content (AvgIpc) is 3.06. The van der Waals surface area contributed by atoms with Crippen LogP contribution >= 0.6 is 0 Å². The van der Waals surface area contributed by atoms with Gasteiger partial charge < -0.3 is 5.32 Å². The number of rotatable bonds is 7. The summed E-state index contributed by atoms with van der Waals surface area (Å²) in [6, 6.07) is 9.90. The summed E-state index contributed by atoms with van der Waals surface area (Å²) in [6.07, 6.45) is 1.65. The maximum atomic E-state index is 12.4. The minimum Gasteiger partial charge on any atom is -0.358 e. The summed E-state index contributed by atoms with van der Waals surface area (Å²) in [4.78, 5) is 25.8. The third-order valence-electron chi connectivity index (χ3n) is 3.74. The fraction of sp³-hybridized carbons (Fsp3) is 0.471. The second-order valence-corrected chi connectivity index (χ2v) is 5.56. The molecule has 0 unspecified atom stereocenters. The lowest BCUT2D eigenvalue weighted by molar-refractivity contribution is -0.132. The van der Waals surface area contributed by atoms with Crippen LogP contribution < -0.4 is 5.32 Å². The number of carbonyl (C=O) groups is 2. The Morgan fingerprint density at radius 1 is 1.26 bits per heavy atom. The fourth-order valence-corrected chi connectivity index (χ4v) is 2.56. The van der Waals surface area contributed by atoms with Crippen LogP contribution in [-0.4, -0.2) is 60.7 Å². The SMILES string of the molecule is CCCN(CC(=O)NC)CC(=O)N1CCC(c2ccccc2)=N1. The second-order valence-electron chi connectivity index (χ2n) is 5.56. The van der Waals surface area contributed by atoms with E-state index in [1.165, 1.54) is 5.01 Å². The molecule has 1 aliphatic heterocycles. The smallest absolute Gasteiger partial charge is 0.256 e. The van der Waals surface area contributed by atoms with E-state index in [2.05, 4.69) is 10.4 Å². The highest BCUT2D eigenvalue weighted by molar-refractivity contribution is 6.02. The van der Waals surface area contributed by atoms with Gasteiger partial charge in [-0.3, -0.25) is 14.5 Å². The van der Waals surface area contributed by atoms with Gasteiger partial charge in [0.1, 0.15) is 0 Å². The van der Waals surface area contributed by atoms with Crippen LogP contribution in [0.3, 0.4) is 0 Å². The number of hydrogen-bond acceptors (Lipinski definition) is 4. The van der Waals surface area contributed by atoms with Gasteiger partial charge in [-0.05, 0) is 18.5 Å². The highest BCUT2D eigenvalue weighted by Crippen LogP contribution is 2.14. The molecule has 1 aromatic carbocycles. The zero-order chi connectivity index (χ0) is 16.7. The van der Waals surface area contributed by atoms with Gasteiger partial charge in [0.25, 0.3) is 5.91 Å². The Labute approximate surface area is 137 Å². The summed E-state index contributed by atoms with van der Waals surface area (Å²) in [6.45, 7) is 3.79. The van der Waals surface area contributed by atoms with E-state index in [1.54, 1.807) is 7.05 Å². The molecule has 2 amide bonds. The summed E-state index contributed by atoms with van der Waals surface area (Å²) in [5.41, 5.74) is 1.99. The van der Waals surface area contributed by atoms with E-state index in [-0.39, 0.29) is 24.9 Å². The van der Waals surface area contributed by atoms with Crippen molar-refractivity contribution in [2.75, 3.05) is 33.2 Å². The number of benzene rings is 1. The number of hydrazone groups is 1. The van der Waals surface area contributed by atoms with Crippen molar-refractivity contribution in [3.05, 3.63) is 35.9 Å². The Morgan fingerprint density at radius 2 is 2.00 bits per heavy atom. The first kappa shape index (κ1) is 17.1. The first-order valence-electron chi connectivity index (χ1n) is 8.00. The third-order valence-corrected chi connectivity index (χ3v) is 3.74. The number of amides is 2. The van der Waals surface area contributed by atoms with Crippen molar-refractivity contribution in [2.24, 2.45) is 5.10 Å². The molecular formula is C17H24N4O2. The second kappa shape index (κ2) is 8.43. The quantitative estimate of drug-likeness (QED) is 0.819. The molecule has 1 aliphatic rings. The van der Waals surface area contributed by atoms with Crippen molar-refractivity contribution < 1.29 is 9.59 Å². The predicted octanol–water partition coefficient (Wildman–Crippen LogP) is 1.08. The van der Waals surface area contributed by atoms with Gasteiger partial charge in [0.15, 0.2) is 0 Å². The molecule has 0 aliphatic carbocycles. The van der Waals surface area contributed by atoms with Crippen LogP contribution in [0.25, 0.3) is 0 Å². The van der Waals surface area contributed by atoms with Crippen molar-refractivity contribution in [2.45, 2.75) is 19.8 Å². The highest BCUT2D eigenvalue weighted by atomic mass is 16.2. The Hall–Kier alpha value is -2.21. The number of carbonyl (C=O) groups excluding carboxylic acids is 2. The lowest BCUT2D eigenvalue weighted by atomic mass is 10.1. The van der Waals surface area contributed by atoms with E-state index in [0.29, 0.717) is 13.1 Å². The van der Waals surface area contributed by atoms with Crippen molar-refractivity contribution in [3.63, 3.8) is 0 Å². The van der Waals surface area contributed by atoms with Crippen molar-refractivity contribution in [1.29, 1.82) is 0 Å². The molecule has 2 rings (SSSR count). The van der Waals surface area contributed by atoms with E-state index in [4.69, 9.17) is 0 Å². The van der Waals surface area contributed by atoms with Gasteiger partial charge >= 0.3 is 0 Å². The molecule has 0 saturated carbocycles. The topological polar surface area (TPSA) is 65.0 Å². The summed E-state index contributed by atoms with van der Waals surface area (Å²) >= 11 is 0. The number of hydrogen-bond donors (Lipinski definition) is 1. The lowest BCUT2D eigenvalue weighted by Crippen LogP contribution is -2.42. The Morgan fingerprint density at radius 3 is 2.65 bits per heavy atom. The summed E-state index contributed by atoms with van der Waals surface area (Å²) < 4.78 is 0. The number of likely N-dealkylation sites (N-methyl/N-ethyl adjacent to an activating group) is 1. The van der Waals surface area contributed by atoms with Crippen LogP contribution in [0, 0.1) is 0 Å². The van der Waals surface area contributed by atoms with Gasteiger partial charge in [0.2, 0.25) is 5.91 Å². The van der Waals surface area contributed by atoms with Gasteiger partial charge in [0.05, 0.1) is 25.3 Å². The minimum atomic E-state index is -0.0823. The zero-order valence-corrected chi connectivity index (χ0v) is 13.8. The van der Waals surface area contributed by atoms with Gasteiger partial charge in [-0.2, -0.15) is 5.10 Å². The Kier molecular flexibility index (Phi) is 6.29. The Balaban J connectivity index is 1.97. The van der Waals surface area contributed by atoms with E-state index in [1.807, 2.05) is 42.2 Å². The average molecular weight is 316 g/mol. The van der Waals surface area contributed by atoms with E-state index < -0.39 is 0 Å². The summed E-state index contributed by atoms with van der Waals surface area (Å²) in [5, 5.41) is 8.56. The fourth-order valence-electron chi connectivity index (χ4n) is 2.56. The van der Waals surface area contributed by atoms with Crippen molar-refractivity contribution >= 4 is 17.5 Å². The van der Waals surface area contributed by atoms with Crippen LogP contribution in [0.15, 0.2) is 35.4 Å². The van der Waals surface area contributed by atoms with Crippen molar-refractivity contribution in [3.8, 4) is 0 Å². The molecule has 1 heterocycles. The van der Waals surface area contributed by atoms with Crippen LogP contribution in [0.1, 0.15) is 25.3 Å². The van der Waals surface area contributed by atoms with E-state index in [9.17, 15) is 9.59 Å². The van der Waals surface area contributed by atoms with Gasteiger partial charge in [0, 0.05) is 13.5 Å². The Bertz CT molecular complexity index is 571. The molecule has 124 valence electrons. The maximum Gasteiger partial charge on any atom is 0.256 e. The van der Waals surface area contributed by atoms with E-state index in [0.717, 1.165) is 24.1 Å². The van der Waals surface area contributed by atoms with Crippen LogP contribution in [-0.2, 0) is 9.59 Å². The molecule has 1 aromatic rings. The van der Waals surface area contributed by atoms with E-state index >= 15 is 0 Å². The molecular weight excluding hydrogens is 292 g/mol. The van der Waals surface area contributed by atoms with Gasteiger partial charge in [-0.1, -0.05) is 37.3 Å². The molecule has 0 atom stereocenters. The maximum absolute atomic E-state index is 12.4. The number of nitrogens with zero attached hydrogens (tertiary/aromatic N) is 3. The molecule has 0 spiro atoms. The molecule has 0 bridgehead atoms. The van der Waals surface area contributed by atoms with Crippen LogP contribution in [0.4, 0.5) is 0 Å². The first-order valence-corrected chi connectivity index (χ1v) is 8.00. The normalized spacial score (nSPS) is 14.0. The monoisotopic (exact) mass is 316 g/mol. The standard InChI is InChI=1S/C17H24N4O2/c1-3-10-20(12-16(22)18-2)13-17(23)21-11-9-15(19-21)14-7-5-4-6-8-14/h4-8H,3,9-13H2,1-2H3,(H,18,22). The van der Waals surface area contributed by atoms with Gasteiger partial charge in [-0.15, -0.1) is 0 Å². The molecule has 0 saturated heterocycles. The summed E-state index contributed by atoms with van der Waals surface area (Å²) in [7, 11) is 1.60. The molecule has 6 heteroatoms. The summed E-state index contributed by atoms with van der Waals surface area (Å²) in [5.74, 6) is -0.144. The molecule has 0 aromatic heterocycles. The van der Waals surface area contributed by atoms with Crippen LogP contribution in [0.5, 0.6) is 0 Å².